The average Bonchev–Trinajstić information content (AvgIpc) is 3.41. The zero-order valence-electron chi connectivity index (χ0n) is 16.6. The van der Waals surface area contributed by atoms with Gasteiger partial charge in [-0.3, -0.25) is 9.67 Å². The molecule has 0 atom stereocenters. The van der Waals surface area contributed by atoms with E-state index in [9.17, 15) is 18.4 Å². The van der Waals surface area contributed by atoms with Crippen LogP contribution in [0.15, 0.2) is 70.7 Å². The van der Waals surface area contributed by atoms with Gasteiger partial charge in [-0.2, -0.15) is 23.5 Å². The minimum absolute atomic E-state index is 0.148. The average molecular weight is 460 g/mol. The van der Waals surface area contributed by atoms with E-state index < -0.39 is 11.9 Å². The second-order valence-corrected chi connectivity index (χ2v) is 8.09. The van der Waals surface area contributed by atoms with Crippen molar-refractivity contribution in [1.29, 1.82) is 5.26 Å². The van der Waals surface area contributed by atoms with Crippen molar-refractivity contribution in [3.8, 4) is 11.9 Å². The van der Waals surface area contributed by atoms with Crippen LogP contribution >= 0.6 is 11.8 Å². The van der Waals surface area contributed by atoms with Crippen molar-refractivity contribution < 1.29 is 13.2 Å². The second kappa shape index (κ2) is 7.69. The van der Waals surface area contributed by atoms with Crippen molar-refractivity contribution in [2.45, 2.75) is 16.2 Å². The van der Waals surface area contributed by atoms with Crippen LogP contribution in [0.2, 0.25) is 0 Å². The lowest BCUT2D eigenvalue weighted by molar-refractivity contribution is -0.141. The lowest BCUT2D eigenvalue weighted by Gasteiger charge is -2.08. The highest BCUT2D eigenvalue weighted by atomic mass is 32.2. The first kappa shape index (κ1) is 20.6. The fraction of sp³-hybridized carbons (Fsp3) is 0.0435. The van der Waals surface area contributed by atoms with Gasteiger partial charge in [0.1, 0.15) is 21.6 Å². The van der Waals surface area contributed by atoms with E-state index >= 15 is 0 Å². The number of pyridine rings is 1. The minimum Gasteiger partial charge on any atom is -0.294 e. The van der Waals surface area contributed by atoms with Gasteiger partial charge in [0, 0.05) is 11.5 Å². The van der Waals surface area contributed by atoms with Crippen molar-refractivity contribution in [3.05, 3.63) is 83.3 Å². The number of aromatic nitrogens is 4. The summed E-state index contributed by atoms with van der Waals surface area (Å²) in [5.74, 6) is 0.548. The lowest BCUT2D eigenvalue weighted by Crippen LogP contribution is -2.04. The molecular weight excluding hydrogens is 449 g/mol. The van der Waals surface area contributed by atoms with Crippen molar-refractivity contribution in [2.24, 2.45) is 0 Å². The standard InChI is InChI=1S/C23H11F3N6S/c1-28-14-6-8-18-16(10-14)15-9-13(12-27)5-7-17(15)32(18)20-3-2-4-21(29-20)33-22-11-19(30-31-22)23(24,25)26/h2-11H,(H,30,31). The summed E-state index contributed by atoms with van der Waals surface area (Å²) in [5, 5.41) is 17.3. The van der Waals surface area contributed by atoms with E-state index in [1.165, 1.54) is 0 Å². The van der Waals surface area contributed by atoms with E-state index in [1.807, 2.05) is 21.8 Å². The third kappa shape index (κ3) is 3.67. The molecule has 33 heavy (non-hydrogen) atoms. The fourth-order valence-corrected chi connectivity index (χ4v) is 4.36. The normalized spacial score (nSPS) is 11.5. The Morgan fingerprint density at radius 2 is 1.76 bits per heavy atom. The molecule has 160 valence electrons. The van der Waals surface area contributed by atoms with Crippen LogP contribution in [0.1, 0.15) is 11.3 Å². The first-order valence-electron chi connectivity index (χ1n) is 9.51. The van der Waals surface area contributed by atoms with Gasteiger partial charge in [-0.1, -0.05) is 12.1 Å². The summed E-state index contributed by atoms with van der Waals surface area (Å²) in [6.45, 7) is 7.32. The highest BCUT2D eigenvalue weighted by Crippen LogP contribution is 2.36. The Balaban J connectivity index is 1.64. The number of fused-ring (bicyclic) bond motifs is 3. The molecule has 10 heteroatoms. The number of hydrogen-bond acceptors (Lipinski definition) is 4. The number of aromatic amines is 1. The molecule has 0 radical (unpaired) electrons. The molecule has 6 nitrogen and oxygen atoms in total. The third-order valence-electron chi connectivity index (χ3n) is 5.01. The Kier molecular flexibility index (Phi) is 4.81. The predicted molar refractivity (Wildman–Crippen MR) is 117 cm³/mol. The molecule has 0 bridgehead atoms. The van der Waals surface area contributed by atoms with E-state index in [0.717, 1.165) is 39.6 Å². The van der Waals surface area contributed by atoms with E-state index in [0.29, 0.717) is 22.1 Å². The number of nitrogens with zero attached hydrogens (tertiary/aromatic N) is 5. The van der Waals surface area contributed by atoms with Gasteiger partial charge in [-0.05, 0) is 59.6 Å². The molecule has 3 heterocycles. The SMILES string of the molecule is [C-]#[N+]c1ccc2c(c1)c1cc(C#N)ccc1n2-c1cccc(Sc2cc(C(F)(F)F)[nH]n2)n1. The van der Waals surface area contributed by atoms with Gasteiger partial charge in [-0.25, -0.2) is 9.83 Å². The number of rotatable bonds is 3. The second-order valence-electron chi connectivity index (χ2n) is 7.05. The van der Waals surface area contributed by atoms with Crippen molar-refractivity contribution in [3.63, 3.8) is 0 Å². The number of H-pyrrole nitrogens is 1. The molecule has 0 amide bonds. The molecule has 1 N–H and O–H groups in total. The quantitative estimate of drug-likeness (QED) is 0.312. The molecule has 0 aliphatic carbocycles. The molecule has 0 spiro atoms. The number of nitriles is 1. The molecule has 3 aromatic heterocycles. The Morgan fingerprint density at radius 3 is 2.45 bits per heavy atom. The summed E-state index contributed by atoms with van der Waals surface area (Å²) >= 11 is 1.01. The maximum Gasteiger partial charge on any atom is 0.432 e. The van der Waals surface area contributed by atoms with Crippen molar-refractivity contribution in [2.75, 3.05) is 0 Å². The van der Waals surface area contributed by atoms with Crippen LogP contribution in [0.5, 0.6) is 0 Å². The summed E-state index contributed by atoms with van der Waals surface area (Å²) in [7, 11) is 0. The number of hydrogen-bond donors (Lipinski definition) is 1. The van der Waals surface area contributed by atoms with Crippen LogP contribution in [0, 0.1) is 17.9 Å². The number of alkyl halides is 3. The van der Waals surface area contributed by atoms with Crippen molar-refractivity contribution >= 4 is 39.3 Å². The van der Waals surface area contributed by atoms with Crippen LogP contribution in [-0.4, -0.2) is 19.7 Å². The van der Waals surface area contributed by atoms with E-state index in [2.05, 4.69) is 21.0 Å². The molecular formula is C23H11F3N6S. The molecule has 5 aromatic rings. The molecule has 0 saturated heterocycles. The topological polar surface area (TPSA) is 74.7 Å². The number of benzene rings is 2. The van der Waals surface area contributed by atoms with E-state index in [1.54, 1.807) is 42.5 Å². The first-order chi connectivity index (χ1) is 15.9. The van der Waals surface area contributed by atoms with Crippen LogP contribution in [-0.2, 0) is 6.18 Å². The van der Waals surface area contributed by atoms with Gasteiger partial charge in [-0.15, -0.1) is 0 Å². The first-order valence-corrected chi connectivity index (χ1v) is 10.3. The molecule has 0 unspecified atom stereocenters. The highest BCUT2D eigenvalue weighted by molar-refractivity contribution is 7.99. The van der Waals surface area contributed by atoms with Gasteiger partial charge in [0.25, 0.3) is 0 Å². The summed E-state index contributed by atoms with van der Waals surface area (Å²) in [6.07, 6.45) is -4.50. The summed E-state index contributed by atoms with van der Waals surface area (Å²) in [5.41, 5.74) is 1.62. The lowest BCUT2D eigenvalue weighted by atomic mass is 10.1. The zero-order valence-corrected chi connectivity index (χ0v) is 17.4. The maximum atomic E-state index is 12.9. The van der Waals surface area contributed by atoms with E-state index in [-0.39, 0.29) is 5.03 Å². The highest BCUT2D eigenvalue weighted by Gasteiger charge is 2.33. The Labute approximate surface area is 189 Å². The molecule has 2 aromatic carbocycles. The van der Waals surface area contributed by atoms with Crippen LogP contribution in [0.3, 0.4) is 0 Å². The Morgan fingerprint density at radius 1 is 1.00 bits per heavy atom. The fourth-order valence-electron chi connectivity index (χ4n) is 3.59. The number of nitrogens with one attached hydrogen (secondary N) is 1. The van der Waals surface area contributed by atoms with Crippen LogP contribution < -0.4 is 0 Å². The molecule has 0 saturated carbocycles. The Bertz CT molecular complexity index is 1550. The van der Waals surface area contributed by atoms with Gasteiger partial charge >= 0.3 is 6.18 Å². The molecule has 5 rings (SSSR count). The smallest absolute Gasteiger partial charge is 0.294 e. The van der Waals surface area contributed by atoms with Gasteiger partial charge in [0.15, 0.2) is 5.69 Å². The Hall–Kier alpha value is -4.28. The van der Waals surface area contributed by atoms with Crippen LogP contribution in [0.4, 0.5) is 18.9 Å². The monoisotopic (exact) mass is 460 g/mol. The molecule has 0 fully saturated rings. The summed E-state index contributed by atoms with van der Waals surface area (Å²) in [4.78, 5) is 8.13. The minimum atomic E-state index is -4.50. The largest absolute Gasteiger partial charge is 0.432 e. The van der Waals surface area contributed by atoms with Crippen molar-refractivity contribution in [1.82, 2.24) is 19.7 Å². The van der Waals surface area contributed by atoms with Gasteiger partial charge in [0.05, 0.1) is 29.2 Å². The maximum absolute atomic E-state index is 12.9. The number of halogens is 3. The summed E-state index contributed by atoms with van der Waals surface area (Å²) in [6, 6.07) is 18.9. The van der Waals surface area contributed by atoms with Crippen LogP contribution in [0.25, 0.3) is 32.5 Å². The summed E-state index contributed by atoms with van der Waals surface area (Å²) < 4.78 is 40.5. The van der Waals surface area contributed by atoms with Gasteiger partial charge < -0.3 is 0 Å². The van der Waals surface area contributed by atoms with E-state index in [4.69, 9.17) is 6.57 Å². The molecule has 0 aliphatic heterocycles. The third-order valence-corrected chi connectivity index (χ3v) is 5.87. The molecule has 0 aliphatic rings. The van der Waals surface area contributed by atoms with Gasteiger partial charge in [0.2, 0.25) is 0 Å². The predicted octanol–water partition coefficient (Wildman–Crippen LogP) is 6.49. The zero-order chi connectivity index (χ0) is 23.2.